The average Bonchev–Trinajstić information content (AvgIpc) is 0.777. The molecule has 0 saturated heterocycles. The summed E-state index contributed by atoms with van der Waals surface area (Å²) >= 11 is 0. The maximum absolute atomic E-state index is 3.68. The van der Waals surface area contributed by atoms with Gasteiger partial charge in [0.25, 0.3) is 0 Å². The van der Waals surface area contributed by atoms with Crippen molar-refractivity contribution in [3.8, 4) is 44.5 Å². The van der Waals surface area contributed by atoms with E-state index in [9.17, 15) is 0 Å². The summed E-state index contributed by atoms with van der Waals surface area (Å²) in [6, 6.07) is 147. The van der Waals surface area contributed by atoms with Gasteiger partial charge in [0.15, 0.2) is 0 Å². The molecule has 112 heavy (non-hydrogen) atoms. The lowest BCUT2D eigenvalue weighted by atomic mass is 10.0. The number of anilines is 8. The topological polar surface area (TPSA) is 48.1 Å². The molecule has 0 aliphatic carbocycles. The molecule has 0 atom stereocenters. The van der Waals surface area contributed by atoms with E-state index in [-0.39, 0.29) is 0 Å². The molecule has 0 aliphatic rings. The van der Waals surface area contributed by atoms with E-state index in [0.29, 0.717) is 0 Å². The summed E-state index contributed by atoms with van der Waals surface area (Å²) in [5.74, 6) is 0. The molecule has 20 aromatic rings. The second kappa shape index (κ2) is 32.2. The number of hydrogen-bond acceptors (Lipinski definition) is 4. The van der Waals surface area contributed by atoms with E-state index in [2.05, 4.69) is 461 Å². The summed E-state index contributed by atoms with van der Waals surface area (Å²) in [4.78, 5) is 0. The molecule has 4 heteroatoms. The second-order valence-electron chi connectivity index (χ2n) is 29.1. The molecular weight excluding hydrogens is 1350 g/mol. The summed E-state index contributed by atoms with van der Waals surface area (Å²) in [7, 11) is 0. The summed E-state index contributed by atoms with van der Waals surface area (Å²) < 4.78 is 0. The van der Waals surface area contributed by atoms with Crippen molar-refractivity contribution in [2.24, 2.45) is 0 Å². The fourth-order valence-electron chi connectivity index (χ4n) is 15.0. The predicted molar refractivity (Wildman–Crippen MR) is 485 cm³/mol. The number of nitrogens with one attached hydrogen (secondary N) is 4. The first-order valence-electron chi connectivity index (χ1n) is 38.5. The van der Waals surface area contributed by atoms with Crippen molar-refractivity contribution < 1.29 is 0 Å². The van der Waals surface area contributed by atoms with Gasteiger partial charge in [-0.2, -0.15) is 0 Å². The maximum atomic E-state index is 3.68. The van der Waals surface area contributed by atoms with Gasteiger partial charge in [-0.1, -0.05) is 338 Å². The normalized spacial score (nSPS) is 11.0. The van der Waals surface area contributed by atoms with Gasteiger partial charge in [-0.3, -0.25) is 0 Å². The van der Waals surface area contributed by atoms with Crippen LogP contribution in [0.3, 0.4) is 0 Å². The zero-order valence-corrected chi connectivity index (χ0v) is 63.3. The Bertz CT molecular complexity index is 6550. The van der Waals surface area contributed by atoms with Crippen LogP contribution in [0.4, 0.5) is 45.5 Å². The van der Waals surface area contributed by atoms with Crippen LogP contribution in [0.1, 0.15) is 22.3 Å². The molecule has 0 bridgehead atoms. The molecular formula is C108H84N4. The highest BCUT2D eigenvalue weighted by Crippen LogP contribution is 2.38. The van der Waals surface area contributed by atoms with Crippen LogP contribution < -0.4 is 21.3 Å². The van der Waals surface area contributed by atoms with Gasteiger partial charge in [0, 0.05) is 56.0 Å². The molecule has 20 rings (SSSR count). The predicted octanol–water partition coefficient (Wildman–Crippen LogP) is 30.8. The third kappa shape index (κ3) is 16.1. The van der Waals surface area contributed by atoms with E-state index < -0.39 is 0 Å². The number of hydrogen-bond donors (Lipinski definition) is 4. The minimum atomic E-state index is 1.09. The van der Waals surface area contributed by atoms with Gasteiger partial charge in [-0.15, -0.1) is 0 Å². The van der Waals surface area contributed by atoms with E-state index in [1.54, 1.807) is 0 Å². The van der Waals surface area contributed by atoms with Crippen LogP contribution in [0.2, 0.25) is 0 Å². The van der Waals surface area contributed by atoms with Gasteiger partial charge in [0.05, 0.1) is 5.69 Å². The Labute approximate surface area is 655 Å². The van der Waals surface area contributed by atoms with Crippen molar-refractivity contribution >= 4 is 132 Å². The summed E-state index contributed by atoms with van der Waals surface area (Å²) in [5, 5.41) is 34.6. The Morgan fingerprint density at radius 3 is 0.848 bits per heavy atom. The van der Waals surface area contributed by atoms with E-state index in [4.69, 9.17) is 0 Å². The lowest BCUT2D eigenvalue weighted by Crippen LogP contribution is -1.93. The highest BCUT2D eigenvalue weighted by molar-refractivity contribution is 6.14. The summed E-state index contributed by atoms with van der Waals surface area (Å²) in [6.07, 6.45) is 0. The molecule has 4 nitrogen and oxygen atoms in total. The first-order valence-corrected chi connectivity index (χ1v) is 38.5. The largest absolute Gasteiger partial charge is 0.356 e. The number of benzene rings is 20. The fourth-order valence-corrected chi connectivity index (χ4v) is 15.0. The first kappa shape index (κ1) is 70.6. The Morgan fingerprint density at radius 1 is 0.143 bits per heavy atom. The quantitative estimate of drug-likeness (QED) is 0.0727. The van der Waals surface area contributed by atoms with Gasteiger partial charge < -0.3 is 21.3 Å². The SMILES string of the molecule is Cc1ccc(-c2ccc(Nc3c4ccccc4cc4ccccc34)cc2)cc1.Cc1ccc(-c2ccc(Nc3ccc4c(ccc5ccccc54)c3)cc2)cc1.Cc1ccc(-c2ccc(Nc3ccc4cc5ccccc5cc4c3)cc2)cc1.Cc1ccc(-c2ccc(Nc3cccc4c3ccc3ccccc34)cc2)cc1. The lowest BCUT2D eigenvalue weighted by molar-refractivity contribution is 1.47. The molecule has 0 heterocycles. The van der Waals surface area contributed by atoms with Gasteiger partial charge in [0.2, 0.25) is 0 Å². The maximum Gasteiger partial charge on any atom is 0.0543 e. The van der Waals surface area contributed by atoms with E-state index in [1.165, 1.54) is 153 Å². The molecule has 0 aliphatic heterocycles. The fraction of sp³-hybridized carbons (Fsp3) is 0.0370. The van der Waals surface area contributed by atoms with Crippen molar-refractivity contribution in [2.75, 3.05) is 21.3 Å². The molecule has 0 unspecified atom stereocenters. The van der Waals surface area contributed by atoms with Gasteiger partial charge in [-0.25, -0.2) is 0 Å². The molecule has 0 radical (unpaired) electrons. The highest BCUT2D eigenvalue weighted by atomic mass is 14.9. The van der Waals surface area contributed by atoms with Crippen LogP contribution in [0.15, 0.2) is 413 Å². The zero-order chi connectivity index (χ0) is 75.7. The second-order valence-corrected chi connectivity index (χ2v) is 29.1. The van der Waals surface area contributed by atoms with Crippen molar-refractivity contribution in [1.82, 2.24) is 0 Å². The number of rotatable bonds is 12. The van der Waals surface area contributed by atoms with Gasteiger partial charge in [0.1, 0.15) is 0 Å². The van der Waals surface area contributed by atoms with Crippen LogP contribution >= 0.6 is 0 Å². The molecule has 0 spiro atoms. The van der Waals surface area contributed by atoms with Crippen molar-refractivity contribution in [1.29, 1.82) is 0 Å². The summed E-state index contributed by atoms with van der Waals surface area (Å²) in [5.41, 5.74) is 23.9. The van der Waals surface area contributed by atoms with E-state index in [1.807, 2.05) is 0 Å². The zero-order valence-electron chi connectivity index (χ0n) is 63.3. The number of aryl methyl sites for hydroxylation is 4. The smallest absolute Gasteiger partial charge is 0.0543 e. The molecule has 0 amide bonds. The average molecular weight is 1440 g/mol. The Hall–Kier alpha value is -14.3. The molecule has 0 saturated carbocycles. The Kier molecular flexibility index (Phi) is 20.3. The standard InChI is InChI=1S/4C27H21N/c1-19-10-12-20(13-11-19)21-14-16-24(17-15-21)28-27-25-8-4-2-6-22(25)18-23-7-3-5-9-26(23)27;1-19-9-11-20(12-10-19)21-13-16-23(17-14-21)28-27-8-4-7-25-24-6-3-2-5-22(24)15-18-26(25)27;1-19-6-8-20(9-7-19)21-10-13-26(14-11-21)28-27-15-12-24-16-22-4-2-3-5-23(22)17-25(24)18-27;1-19-6-8-20(9-7-19)21-12-14-24(15-13-21)28-25-16-17-27-23(18-25)11-10-22-4-2-3-5-26(22)27/h4*2-18,28H,1H3. The van der Waals surface area contributed by atoms with Crippen LogP contribution in [0.5, 0.6) is 0 Å². The van der Waals surface area contributed by atoms with Crippen molar-refractivity contribution in [3.63, 3.8) is 0 Å². The lowest BCUT2D eigenvalue weighted by Gasteiger charge is -2.14. The highest BCUT2D eigenvalue weighted by Gasteiger charge is 2.12. The van der Waals surface area contributed by atoms with Crippen LogP contribution in [-0.2, 0) is 0 Å². The van der Waals surface area contributed by atoms with Gasteiger partial charge in [-0.05, 0) is 239 Å². The van der Waals surface area contributed by atoms with Crippen LogP contribution in [-0.4, -0.2) is 0 Å². The number of fused-ring (bicyclic) bond motifs is 10. The minimum Gasteiger partial charge on any atom is -0.356 e. The summed E-state index contributed by atoms with van der Waals surface area (Å²) in [6.45, 7) is 8.46. The van der Waals surface area contributed by atoms with E-state index >= 15 is 0 Å². The van der Waals surface area contributed by atoms with Gasteiger partial charge >= 0.3 is 0 Å². The monoisotopic (exact) mass is 1440 g/mol. The molecule has 4 N–H and O–H groups in total. The molecule has 0 aromatic heterocycles. The van der Waals surface area contributed by atoms with Crippen molar-refractivity contribution in [3.05, 3.63) is 435 Å². The molecule has 536 valence electrons. The molecule has 20 aromatic carbocycles. The third-order valence-corrected chi connectivity index (χ3v) is 21.2. The Morgan fingerprint density at radius 2 is 0.402 bits per heavy atom. The van der Waals surface area contributed by atoms with Crippen LogP contribution in [0.25, 0.3) is 131 Å². The van der Waals surface area contributed by atoms with Crippen molar-refractivity contribution in [2.45, 2.75) is 27.7 Å². The first-order chi connectivity index (χ1) is 55.1. The molecule has 0 fully saturated rings. The van der Waals surface area contributed by atoms with Crippen LogP contribution in [0, 0.1) is 27.7 Å². The Balaban J connectivity index is 0.000000108. The van der Waals surface area contributed by atoms with E-state index in [0.717, 1.165) is 45.5 Å². The third-order valence-electron chi connectivity index (χ3n) is 21.2. The minimum absolute atomic E-state index is 1.09.